The molecule has 0 radical (unpaired) electrons. The molecule has 6 heteroatoms. The molecule has 0 fully saturated rings. The number of rotatable bonds is 2. The average Bonchev–Trinajstić information content (AvgIpc) is 2.32. The zero-order valence-electron chi connectivity index (χ0n) is 8.88. The van der Waals surface area contributed by atoms with Crippen molar-refractivity contribution < 1.29 is 9.13 Å². The molecule has 2 aromatic carbocycles. The minimum absolute atomic E-state index is 0.00768. The lowest BCUT2D eigenvalue weighted by Crippen LogP contribution is -1.94. The molecule has 0 saturated heterocycles. The summed E-state index contributed by atoms with van der Waals surface area (Å²) in [6.45, 7) is 0. The highest BCUT2D eigenvalue weighted by Crippen LogP contribution is 2.37. The van der Waals surface area contributed by atoms with E-state index in [1.165, 1.54) is 12.1 Å². The maximum Gasteiger partial charge on any atom is 0.151 e. The molecule has 2 rings (SSSR count). The highest BCUT2D eigenvalue weighted by atomic mass is 79.9. The largest absolute Gasteiger partial charge is 0.454 e. The maximum atomic E-state index is 13.4. The van der Waals surface area contributed by atoms with Crippen LogP contribution < -0.4 is 10.5 Å². The van der Waals surface area contributed by atoms with Crippen molar-refractivity contribution in [3.63, 3.8) is 0 Å². The fourth-order valence-corrected chi connectivity index (χ4v) is 2.19. The minimum atomic E-state index is -0.574. The third-order valence-corrected chi connectivity index (χ3v) is 3.45. The van der Waals surface area contributed by atoms with Gasteiger partial charge in [-0.25, -0.2) is 4.39 Å². The van der Waals surface area contributed by atoms with Gasteiger partial charge >= 0.3 is 0 Å². The van der Waals surface area contributed by atoms with Gasteiger partial charge in [0.1, 0.15) is 11.6 Å². The summed E-state index contributed by atoms with van der Waals surface area (Å²) in [6, 6.07) is 7.55. The van der Waals surface area contributed by atoms with Gasteiger partial charge in [-0.05, 0) is 34.1 Å². The normalized spacial score (nSPS) is 10.4. The van der Waals surface area contributed by atoms with Crippen molar-refractivity contribution in [2.45, 2.75) is 0 Å². The van der Waals surface area contributed by atoms with Crippen LogP contribution in [0.1, 0.15) is 0 Å². The maximum absolute atomic E-state index is 13.4. The van der Waals surface area contributed by atoms with Crippen LogP contribution in [0, 0.1) is 5.82 Å². The number of ether oxygens (including phenoxy) is 1. The summed E-state index contributed by atoms with van der Waals surface area (Å²) in [5.74, 6) is 0.0475. The van der Waals surface area contributed by atoms with Gasteiger partial charge < -0.3 is 10.5 Å². The number of para-hydroxylation sites is 1. The molecule has 0 aromatic heterocycles. The summed E-state index contributed by atoms with van der Waals surface area (Å²) in [5, 5.41) is 0.381. The van der Waals surface area contributed by atoms with Gasteiger partial charge in [-0.2, -0.15) is 0 Å². The minimum Gasteiger partial charge on any atom is -0.454 e. The number of hydrogen-bond acceptors (Lipinski definition) is 2. The van der Waals surface area contributed by atoms with Crippen molar-refractivity contribution >= 4 is 44.8 Å². The lowest BCUT2D eigenvalue weighted by Gasteiger charge is -2.11. The molecule has 0 spiro atoms. The van der Waals surface area contributed by atoms with Gasteiger partial charge in [0.2, 0.25) is 0 Å². The van der Waals surface area contributed by atoms with Crippen LogP contribution in [0.5, 0.6) is 11.5 Å². The molecule has 0 unspecified atom stereocenters. The van der Waals surface area contributed by atoms with E-state index in [2.05, 4.69) is 15.9 Å². The molecule has 0 bridgehead atoms. The third kappa shape index (κ3) is 2.71. The van der Waals surface area contributed by atoms with E-state index < -0.39 is 5.82 Å². The van der Waals surface area contributed by atoms with Gasteiger partial charge in [-0.3, -0.25) is 0 Å². The first-order chi connectivity index (χ1) is 8.49. The van der Waals surface area contributed by atoms with Gasteiger partial charge in [-0.15, -0.1) is 0 Å². The van der Waals surface area contributed by atoms with E-state index in [1.54, 1.807) is 18.2 Å². The second kappa shape index (κ2) is 5.34. The topological polar surface area (TPSA) is 35.2 Å². The van der Waals surface area contributed by atoms with Crippen molar-refractivity contribution in [2.75, 3.05) is 5.73 Å². The molecule has 0 amide bonds. The monoisotopic (exact) mass is 349 g/mol. The molecule has 0 atom stereocenters. The second-order valence-electron chi connectivity index (χ2n) is 3.45. The molecule has 2 aromatic rings. The van der Waals surface area contributed by atoms with Crippen LogP contribution in [-0.4, -0.2) is 0 Å². The van der Waals surface area contributed by atoms with E-state index in [1.807, 2.05) is 0 Å². The van der Waals surface area contributed by atoms with Crippen molar-refractivity contribution in [1.29, 1.82) is 0 Å². The molecule has 2 nitrogen and oxygen atoms in total. The van der Waals surface area contributed by atoms with Crippen molar-refractivity contribution in [3.8, 4) is 11.5 Å². The Bertz CT molecular complexity index is 607. The molecule has 0 aliphatic rings. The quantitative estimate of drug-likeness (QED) is 0.591. The predicted octanol–water partition coefficient (Wildman–Crippen LogP) is 5.27. The van der Waals surface area contributed by atoms with E-state index >= 15 is 0 Å². The first-order valence-electron chi connectivity index (χ1n) is 4.85. The lowest BCUT2D eigenvalue weighted by molar-refractivity contribution is 0.476. The molecule has 94 valence electrons. The molecule has 18 heavy (non-hydrogen) atoms. The third-order valence-electron chi connectivity index (χ3n) is 2.21. The van der Waals surface area contributed by atoms with Gasteiger partial charge in [0, 0.05) is 6.07 Å². The number of anilines is 1. The van der Waals surface area contributed by atoms with Crippen LogP contribution in [0.2, 0.25) is 10.0 Å². The Morgan fingerprint density at radius 2 is 1.83 bits per heavy atom. The van der Waals surface area contributed by atoms with Crippen molar-refractivity contribution in [3.05, 3.63) is 50.7 Å². The Morgan fingerprint density at radius 1 is 1.11 bits per heavy atom. The van der Waals surface area contributed by atoms with Crippen molar-refractivity contribution in [2.24, 2.45) is 0 Å². The standard InChI is InChI=1S/C12H7BrCl2FNO/c13-6-4-8(15)9(16)5-11(6)18-10-3-1-2-7(14)12(10)17/h1-5H,17H2. The van der Waals surface area contributed by atoms with Gasteiger partial charge in [0.25, 0.3) is 0 Å². The van der Waals surface area contributed by atoms with Crippen LogP contribution >= 0.6 is 39.1 Å². The smallest absolute Gasteiger partial charge is 0.151 e. The first-order valence-corrected chi connectivity index (χ1v) is 6.40. The molecule has 0 saturated carbocycles. The molecule has 2 N–H and O–H groups in total. The number of nitrogen functional groups attached to an aromatic ring is 1. The van der Waals surface area contributed by atoms with Gasteiger partial charge in [0.05, 0.1) is 20.2 Å². The summed E-state index contributed by atoms with van der Waals surface area (Å²) in [5.41, 5.74) is 6.05. The van der Waals surface area contributed by atoms with Crippen LogP contribution in [-0.2, 0) is 0 Å². The van der Waals surface area contributed by atoms with Crippen LogP contribution in [0.25, 0.3) is 0 Å². The van der Waals surface area contributed by atoms with E-state index in [0.717, 1.165) is 0 Å². The summed E-state index contributed by atoms with van der Waals surface area (Å²) in [7, 11) is 0. The predicted molar refractivity (Wildman–Crippen MR) is 75.0 cm³/mol. The van der Waals surface area contributed by atoms with Crippen LogP contribution in [0.4, 0.5) is 10.1 Å². The van der Waals surface area contributed by atoms with E-state index in [9.17, 15) is 4.39 Å². The fourth-order valence-electron chi connectivity index (χ4n) is 1.31. The number of halogens is 4. The molecular formula is C12H7BrCl2FNO. The van der Waals surface area contributed by atoms with Gasteiger partial charge in [-0.1, -0.05) is 29.3 Å². The zero-order chi connectivity index (χ0) is 13.3. The highest BCUT2D eigenvalue weighted by molar-refractivity contribution is 9.10. The fraction of sp³-hybridized carbons (Fsp3) is 0. The van der Waals surface area contributed by atoms with E-state index in [4.69, 9.17) is 33.7 Å². The second-order valence-corrected chi connectivity index (χ2v) is 5.12. The number of nitrogens with two attached hydrogens (primary N) is 1. The molecule has 0 aliphatic heterocycles. The summed E-state index contributed by atoms with van der Waals surface area (Å²) in [4.78, 5) is 0. The Labute approximate surface area is 122 Å². The highest BCUT2D eigenvalue weighted by Gasteiger charge is 2.11. The lowest BCUT2D eigenvalue weighted by atomic mass is 10.3. The SMILES string of the molecule is Nc1c(Cl)cccc1Oc1cc(F)c(Cl)cc1Br. The molecule has 0 aliphatic carbocycles. The van der Waals surface area contributed by atoms with Crippen molar-refractivity contribution in [1.82, 2.24) is 0 Å². The Morgan fingerprint density at radius 3 is 2.56 bits per heavy atom. The van der Waals surface area contributed by atoms with Crippen LogP contribution in [0.3, 0.4) is 0 Å². The Kier molecular flexibility index (Phi) is 4.00. The number of benzene rings is 2. The summed E-state index contributed by atoms with van der Waals surface area (Å²) < 4.78 is 19.4. The van der Waals surface area contributed by atoms with E-state index in [-0.39, 0.29) is 10.8 Å². The zero-order valence-corrected chi connectivity index (χ0v) is 12.0. The Hall–Kier alpha value is -0.970. The van der Waals surface area contributed by atoms with E-state index in [0.29, 0.717) is 20.9 Å². The van der Waals surface area contributed by atoms with Crippen LogP contribution in [0.15, 0.2) is 34.8 Å². The summed E-state index contributed by atoms with van der Waals surface area (Å²) in [6.07, 6.45) is 0. The average molecular weight is 351 g/mol. The van der Waals surface area contributed by atoms with Gasteiger partial charge in [0.15, 0.2) is 5.75 Å². The molecular weight excluding hydrogens is 344 g/mol. The summed E-state index contributed by atoms with van der Waals surface area (Å²) >= 11 is 14.7. The first kappa shape index (κ1) is 13.5. The number of hydrogen-bond donors (Lipinski definition) is 1. The molecule has 0 heterocycles. The Balaban J connectivity index is 2.40.